The number of carbonyl (C=O) groups is 1. The summed E-state index contributed by atoms with van der Waals surface area (Å²) in [5, 5.41) is 19.4. The van der Waals surface area contributed by atoms with Gasteiger partial charge in [-0.15, -0.1) is 0 Å². The minimum Gasteiger partial charge on any atom is -0.462 e. The number of carbonyl (C=O) groups excluding carboxylic acids is 1. The third-order valence-electron chi connectivity index (χ3n) is 3.58. The number of hydrogen-bond donors (Lipinski definition) is 3. The van der Waals surface area contributed by atoms with Crippen LogP contribution in [0.5, 0.6) is 5.75 Å². The second kappa shape index (κ2) is 9.61. The van der Waals surface area contributed by atoms with Crippen molar-refractivity contribution in [2.24, 2.45) is 0 Å². The SMILES string of the molecule is BC(B)(OP(=O)(NC(C)C(=O)OC(C)C)Oc1ccc(Cl)cc1)[C@](O)(F)CO. The highest BCUT2D eigenvalue weighted by molar-refractivity contribution is 7.52. The predicted molar refractivity (Wildman–Crippen MR) is 108 cm³/mol. The summed E-state index contributed by atoms with van der Waals surface area (Å²) in [6.07, 6.45) is -0.420. The van der Waals surface area contributed by atoms with E-state index in [4.69, 9.17) is 30.5 Å². The molecule has 1 aromatic carbocycles. The lowest BCUT2D eigenvalue weighted by Crippen LogP contribution is -2.57. The second-order valence-electron chi connectivity index (χ2n) is 6.90. The third kappa shape index (κ3) is 7.06. The van der Waals surface area contributed by atoms with Crippen molar-refractivity contribution in [3.63, 3.8) is 0 Å². The van der Waals surface area contributed by atoms with Crippen LogP contribution in [0.3, 0.4) is 0 Å². The first-order valence-corrected chi connectivity index (χ1v) is 10.4. The second-order valence-corrected chi connectivity index (χ2v) is 8.95. The summed E-state index contributed by atoms with van der Waals surface area (Å²) >= 11 is 5.80. The maximum Gasteiger partial charge on any atom is 0.458 e. The Bertz CT molecular complexity index is 721. The van der Waals surface area contributed by atoms with E-state index in [0.717, 1.165) is 15.7 Å². The van der Waals surface area contributed by atoms with Crippen molar-refractivity contribution in [2.45, 2.75) is 44.2 Å². The summed E-state index contributed by atoms with van der Waals surface area (Å²) in [5.41, 5.74) is 0. The van der Waals surface area contributed by atoms with E-state index in [-0.39, 0.29) is 5.75 Å². The number of benzene rings is 1. The molecular formula is C15H24B2ClFNO7P. The van der Waals surface area contributed by atoms with E-state index in [2.05, 4.69) is 5.09 Å². The van der Waals surface area contributed by atoms with Gasteiger partial charge in [-0.3, -0.25) is 9.32 Å². The standard InChI is InChI=1S/C15H24B2ClFNO7P/c1-9(2)25-13(22)10(3)20-28(24,26-12-6-4-11(18)5-7-12)27-15(16,17)14(19,23)8-21/h4-7,9-10,21,23H,8,16-17H2,1-3H3,(H,20,24)/t10?,14-,28?/m0/s1. The van der Waals surface area contributed by atoms with Gasteiger partial charge in [-0.1, -0.05) is 11.6 Å². The zero-order valence-corrected chi connectivity index (χ0v) is 18.0. The average molecular weight is 437 g/mol. The summed E-state index contributed by atoms with van der Waals surface area (Å²) < 4.78 is 43.2. The normalized spacial score (nSPS) is 17.4. The van der Waals surface area contributed by atoms with E-state index in [1.807, 2.05) is 0 Å². The smallest absolute Gasteiger partial charge is 0.458 e. The molecule has 0 aliphatic carbocycles. The largest absolute Gasteiger partial charge is 0.462 e. The first kappa shape index (κ1) is 24.9. The van der Waals surface area contributed by atoms with Crippen LogP contribution in [0.2, 0.25) is 5.02 Å². The van der Waals surface area contributed by atoms with Crippen molar-refractivity contribution in [3.05, 3.63) is 29.3 Å². The van der Waals surface area contributed by atoms with Crippen molar-refractivity contribution in [1.82, 2.24) is 5.09 Å². The molecular weight excluding hydrogens is 413 g/mol. The molecule has 8 nitrogen and oxygen atoms in total. The molecule has 156 valence electrons. The Balaban J connectivity index is 3.16. The fourth-order valence-corrected chi connectivity index (χ4v) is 3.88. The minimum absolute atomic E-state index is 0.0480. The first-order valence-electron chi connectivity index (χ1n) is 8.48. The molecule has 0 saturated heterocycles. The summed E-state index contributed by atoms with van der Waals surface area (Å²) in [5.74, 6) is -3.93. The van der Waals surface area contributed by atoms with E-state index < -0.39 is 43.7 Å². The molecule has 3 atom stereocenters. The molecule has 0 fully saturated rings. The highest BCUT2D eigenvalue weighted by Crippen LogP contribution is 2.49. The highest BCUT2D eigenvalue weighted by Gasteiger charge is 2.50. The number of ether oxygens (including phenoxy) is 1. The van der Waals surface area contributed by atoms with Gasteiger partial charge in [0.25, 0.3) is 0 Å². The molecule has 1 rings (SSSR count). The van der Waals surface area contributed by atoms with Crippen LogP contribution < -0.4 is 9.61 Å². The Morgan fingerprint density at radius 3 is 2.32 bits per heavy atom. The van der Waals surface area contributed by atoms with Crippen LogP contribution in [0.1, 0.15) is 20.8 Å². The summed E-state index contributed by atoms with van der Waals surface area (Å²) in [6, 6.07) is 4.54. The molecule has 0 saturated carbocycles. The Labute approximate surface area is 170 Å². The topological polar surface area (TPSA) is 114 Å². The fraction of sp³-hybridized carbons (Fsp3) is 0.533. The van der Waals surface area contributed by atoms with Gasteiger partial charge < -0.3 is 19.5 Å². The Morgan fingerprint density at radius 1 is 1.32 bits per heavy atom. The summed E-state index contributed by atoms with van der Waals surface area (Å²) in [7, 11) is -2.31. The maximum absolute atomic E-state index is 14.3. The number of halogens is 2. The number of esters is 1. The van der Waals surface area contributed by atoms with Gasteiger partial charge in [0, 0.05) is 5.02 Å². The van der Waals surface area contributed by atoms with Crippen LogP contribution in [0.25, 0.3) is 0 Å². The van der Waals surface area contributed by atoms with E-state index in [9.17, 15) is 18.9 Å². The Kier molecular flexibility index (Phi) is 8.56. The maximum atomic E-state index is 14.3. The molecule has 0 spiro atoms. The molecule has 0 heterocycles. The van der Waals surface area contributed by atoms with Crippen LogP contribution in [-0.2, 0) is 18.6 Å². The number of aliphatic hydroxyl groups is 2. The molecule has 13 heteroatoms. The van der Waals surface area contributed by atoms with Gasteiger partial charge in [-0.05, 0) is 45.0 Å². The van der Waals surface area contributed by atoms with E-state index in [0.29, 0.717) is 5.02 Å². The fourth-order valence-electron chi connectivity index (χ4n) is 1.89. The highest BCUT2D eigenvalue weighted by atomic mass is 35.5. The molecule has 0 aliphatic rings. The average Bonchev–Trinajstić information content (AvgIpc) is 2.55. The summed E-state index contributed by atoms with van der Waals surface area (Å²) in [4.78, 5) is 12.0. The van der Waals surface area contributed by atoms with Crippen LogP contribution in [-0.4, -0.2) is 61.9 Å². The lowest BCUT2D eigenvalue weighted by atomic mass is 9.61. The van der Waals surface area contributed by atoms with Crippen molar-refractivity contribution < 1.29 is 37.7 Å². The zero-order valence-electron chi connectivity index (χ0n) is 16.3. The van der Waals surface area contributed by atoms with Crippen LogP contribution >= 0.6 is 19.3 Å². The van der Waals surface area contributed by atoms with Crippen LogP contribution in [0.15, 0.2) is 24.3 Å². The number of hydrogen-bond acceptors (Lipinski definition) is 7. The number of aliphatic hydroxyl groups excluding tert-OH is 1. The van der Waals surface area contributed by atoms with Crippen molar-refractivity contribution >= 4 is 41.0 Å². The summed E-state index contributed by atoms with van der Waals surface area (Å²) in [6.45, 7) is 3.31. The molecule has 0 bridgehead atoms. The van der Waals surface area contributed by atoms with Gasteiger partial charge in [0.05, 0.1) is 11.5 Å². The van der Waals surface area contributed by atoms with Gasteiger partial charge in [0.1, 0.15) is 34.1 Å². The monoisotopic (exact) mass is 437 g/mol. The van der Waals surface area contributed by atoms with Crippen molar-refractivity contribution in [2.75, 3.05) is 6.61 Å². The molecule has 0 aliphatic heterocycles. The van der Waals surface area contributed by atoms with E-state index >= 15 is 0 Å². The number of alkyl halides is 1. The Hall–Kier alpha value is -1.09. The molecule has 3 N–H and O–H groups in total. The van der Waals surface area contributed by atoms with Crippen LogP contribution in [0, 0.1) is 0 Å². The molecule has 28 heavy (non-hydrogen) atoms. The predicted octanol–water partition coefficient (Wildman–Crippen LogP) is 0.344. The van der Waals surface area contributed by atoms with Gasteiger partial charge >= 0.3 is 13.7 Å². The molecule has 2 unspecified atom stereocenters. The van der Waals surface area contributed by atoms with E-state index in [1.54, 1.807) is 13.8 Å². The lowest BCUT2D eigenvalue weighted by molar-refractivity contribution is -0.176. The van der Waals surface area contributed by atoms with Gasteiger partial charge in [0.2, 0.25) is 5.85 Å². The van der Waals surface area contributed by atoms with Crippen molar-refractivity contribution in [1.29, 1.82) is 0 Å². The van der Waals surface area contributed by atoms with Gasteiger partial charge in [-0.2, -0.15) is 5.09 Å². The van der Waals surface area contributed by atoms with Gasteiger partial charge in [-0.25, -0.2) is 8.96 Å². The van der Waals surface area contributed by atoms with Crippen LogP contribution in [0.4, 0.5) is 4.39 Å². The first-order chi connectivity index (χ1) is 12.7. The van der Waals surface area contributed by atoms with E-state index in [1.165, 1.54) is 31.2 Å². The molecule has 1 aromatic rings. The Morgan fingerprint density at radius 2 is 1.86 bits per heavy atom. The number of nitrogens with one attached hydrogen (secondary N) is 1. The van der Waals surface area contributed by atoms with Gasteiger partial charge in [0.15, 0.2) is 0 Å². The quantitative estimate of drug-likeness (QED) is 0.273. The molecule has 0 radical (unpaired) electrons. The number of rotatable bonds is 10. The molecule has 0 aromatic heterocycles. The van der Waals surface area contributed by atoms with Crippen molar-refractivity contribution in [3.8, 4) is 5.75 Å². The zero-order chi connectivity index (χ0) is 21.8. The molecule has 0 amide bonds. The minimum atomic E-state index is -4.45. The third-order valence-corrected chi connectivity index (χ3v) is 5.68. The lowest BCUT2D eigenvalue weighted by Gasteiger charge is -2.37.